The van der Waals surface area contributed by atoms with Crippen LogP contribution in [0.3, 0.4) is 0 Å². The minimum absolute atomic E-state index is 0.0782. The molecule has 0 N–H and O–H groups in total. The Balaban J connectivity index is 1.32. The van der Waals surface area contributed by atoms with E-state index in [1.807, 2.05) is 0 Å². The van der Waals surface area contributed by atoms with Crippen molar-refractivity contribution in [3.63, 3.8) is 0 Å². The molecule has 172 valence electrons. The van der Waals surface area contributed by atoms with Gasteiger partial charge in [-0.25, -0.2) is 4.39 Å². The number of hydrogen-bond acceptors (Lipinski definition) is 2. The normalized spacial score (nSPS) is 24.4. The van der Waals surface area contributed by atoms with E-state index in [1.54, 1.807) is 12.1 Å². The molecule has 0 unspecified atom stereocenters. The van der Waals surface area contributed by atoms with Crippen LogP contribution in [0.4, 0.5) is 8.78 Å². The Morgan fingerprint density at radius 3 is 2.35 bits per heavy atom. The van der Waals surface area contributed by atoms with Crippen LogP contribution in [0.2, 0.25) is 0 Å². The molecule has 2 saturated carbocycles. The summed E-state index contributed by atoms with van der Waals surface area (Å²) < 4.78 is 41.1. The highest BCUT2D eigenvalue weighted by Gasteiger charge is 2.29. The minimum atomic E-state index is -0.860. The average Bonchev–Trinajstić information content (AvgIpc) is 2.82. The molecule has 3 aliphatic carbocycles. The number of ether oxygens (including phenoxy) is 2. The largest absolute Gasteiger partial charge is 0.498 e. The molecule has 3 aliphatic rings. The van der Waals surface area contributed by atoms with Crippen LogP contribution >= 0.6 is 0 Å². The van der Waals surface area contributed by atoms with E-state index in [9.17, 15) is 8.78 Å². The maximum absolute atomic E-state index is 14.8. The third kappa shape index (κ3) is 5.62. The summed E-state index contributed by atoms with van der Waals surface area (Å²) in [4.78, 5) is 0. The molecule has 0 aromatic heterocycles. The van der Waals surface area contributed by atoms with E-state index in [1.165, 1.54) is 44.9 Å². The van der Waals surface area contributed by atoms with E-state index in [4.69, 9.17) is 9.47 Å². The molecule has 0 heterocycles. The van der Waals surface area contributed by atoms with Crippen LogP contribution in [0.25, 0.3) is 6.08 Å². The lowest BCUT2D eigenvalue weighted by Gasteiger charge is -2.35. The van der Waals surface area contributed by atoms with Gasteiger partial charge in [0.1, 0.15) is 0 Å². The van der Waals surface area contributed by atoms with Crippen molar-refractivity contribution in [3.8, 4) is 5.75 Å². The van der Waals surface area contributed by atoms with Crippen LogP contribution in [-0.2, 0) is 11.2 Å². The molecular weight excluding hydrogens is 394 g/mol. The first kappa shape index (κ1) is 22.6. The van der Waals surface area contributed by atoms with Crippen LogP contribution in [0.5, 0.6) is 5.75 Å². The zero-order valence-electron chi connectivity index (χ0n) is 19.1. The van der Waals surface area contributed by atoms with E-state index < -0.39 is 11.6 Å². The summed E-state index contributed by atoms with van der Waals surface area (Å²) in [7, 11) is 0. The summed E-state index contributed by atoms with van der Waals surface area (Å²) in [6.07, 6.45) is 16.9. The molecule has 0 atom stereocenters. The molecule has 4 heteroatoms. The highest BCUT2D eigenvalue weighted by Crippen LogP contribution is 2.40. The highest BCUT2D eigenvalue weighted by atomic mass is 19.2. The number of rotatable bonds is 8. The number of allylic oxidation sites excluding steroid dienone is 1. The molecule has 1 aromatic carbocycles. The summed E-state index contributed by atoms with van der Waals surface area (Å²) in [5, 5.41) is 0. The third-order valence-corrected chi connectivity index (χ3v) is 7.71. The molecule has 0 saturated heterocycles. The van der Waals surface area contributed by atoms with Gasteiger partial charge in [0.25, 0.3) is 0 Å². The first-order chi connectivity index (χ1) is 15.2. The molecular formula is C27H38F2O2. The lowest BCUT2D eigenvalue weighted by molar-refractivity contribution is 0.133. The molecule has 0 aliphatic heterocycles. The van der Waals surface area contributed by atoms with Crippen molar-refractivity contribution in [3.05, 3.63) is 34.6 Å². The fourth-order valence-corrected chi connectivity index (χ4v) is 5.73. The van der Waals surface area contributed by atoms with Crippen molar-refractivity contribution in [1.82, 2.24) is 0 Å². The van der Waals surface area contributed by atoms with E-state index in [-0.39, 0.29) is 5.75 Å². The van der Waals surface area contributed by atoms with Gasteiger partial charge in [-0.2, -0.15) is 4.39 Å². The highest BCUT2D eigenvalue weighted by molar-refractivity contribution is 5.61. The zero-order chi connectivity index (χ0) is 21.6. The van der Waals surface area contributed by atoms with Gasteiger partial charge >= 0.3 is 0 Å². The lowest BCUT2D eigenvalue weighted by atomic mass is 9.71. The predicted octanol–water partition coefficient (Wildman–Crippen LogP) is 7.83. The predicted molar refractivity (Wildman–Crippen MR) is 121 cm³/mol. The summed E-state index contributed by atoms with van der Waals surface area (Å²) in [5.74, 6) is 1.42. The van der Waals surface area contributed by atoms with Gasteiger partial charge in [-0.3, -0.25) is 0 Å². The van der Waals surface area contributed by atoms with E-state index in [0.29, 0.717) is 31.1 Å². The maximum Gasteiger partial charge on any atom is 0.201 e. The standard InChI is InChI=1S/C27H38F2O2/c1-2-3-15-30-23-14-13-22-16-25(27(29)26(28)24(22)17-23)31-18-19-9-11-21(12-10-19)20-7-5-4-6-8-20/h16-17,19-21H,2-15,18H2,1H3. The van der Waals surface area contributed by atoms with Crippen molar-refractivity contribution >= 4 is 6.08 Å². The summed E-state index contributed by atoms with van der Waals surface area (Å²) in [6.45, 7) is 3.23. The summed E-state index contributed by atoms with van der Waals surface area (Å²) in [6, 6.07) is 1.71. The summed E-state index contributed by atoms with van der Waals surface area (Å²) >= 11 is 0. The van der Waals surface area contributed by atoms with Crippen LogP contribution < -0.4 is 4.74 Å². The topological polar surface area (TPSA) is 18.5 Å². The first-order valence-corrected chi connectivity index (χ1v) is 12.6. The Kier molecular flexibility index (Phi) is 7.90. The van der Waals surface area contributed by atoms with Gasteiger partial charge < -0.3 is 9.47 Å². The molecule has 0 spiro atoms. The Morgan fingerprint density at radius 2 is 1.61 bits per heavy atom. The molecule has 31 heavy (non-hydrogen) atoms. The fourth-order valence-electron chi connectivity index (χ4n) is 5.73. The Hall–Kier alpha value is -1.58. The number of aryl methyl sites for hydroxylation is 1. The zero-order valence-corrected chi connectivity index (χ0v) is 19.1. The van der Waals surface area contributed by atoms with Crippen molar-refractivity contribution in [2.75, 3.05) is 13.2 Å². The number of hydrogen-bond donors (Lipinski definition) is 0. The second-order valence-corrected chi connectivity index (χ2v) is 9.88. The van der Waals surface area contributed by atoms with Crippen molar-refractivity contribution in [2.24, 2.45) is 17.8 Å². The summed E-state index contributed by atoms with van der Waals surface area (Å²) in [5.41, 5.74) is 1.15. The van der Waals surface area contributed by atoms with Gasteiger partial charge in [0.05, 0.1) is 19.0 Å². The first-order valence-electron chi connectivity index (χ1n) is 12.6. The second-order valence-electron chi connectivity index (χ2n) is 9.88. The van der Waals surface area contributed by atoms with Crippen molar-refractivity contribution in [1.29, 1.82) is 0 Å². The van der Waals surface area contributed by atoms with Gasteiger partial charge in [0, 0.05) is 12.0 Å². The van der Waals surface area contributed by atoms with Gasteiger partial charge in [0.15, 0.2) is 11.6 Å². The Labute approximate surface area is 186 Å². The smallest absolute Gasteiger partial charge is 0.201 e. The molecule has 0 bridgehead atoms. The van der Waals surface area contributed by atoms with Gasteiger partial charge in [-0.05, 0) is 74.0 Å². The average molecular weight is 433 g/mol. The SMILES string of the molecule is CCCCOC1=Cc2c(cc(OCC3CCC(C4CCCCC4)CC3)c(F)c2F)CC1. The lowest BCUT2D eigenvalue weighted by Crippen LogP contribution is -2.26. The van der Waals surface area contributed by atoms with E-state index in [2.05, 4.69) is 6.92 Å². The fraction of sp³-hybridized carbons (Fsp3) is 0.704. The quantitative estimate of drug-likeness (QED) is 0.390. The number of halogens is 2. The van der Waals surface area contributed by atoms with E-state index >= 15 is 0 Å². The minimum Gasteiger partial charge on any atom is -0.498 e. The molecule has 0 radical (unpaired) electrons. The van der Waals surface area contributed by atoms with Gasteiger partial charge in [-0.1, -0.05) is 45.4 Å². The Morgan fingerprint density at radius 1 is 0.871 bits per heavy atom. The third-order valence-electron chi connectivity index (χ3n) is 7.71. The molecule has 1 aromatic rings. The molecule has 2 nitrogen and oxygen atoms in total. The van der Waals surface area contributed by atoms with E-state index in [0.717, 1.165) is 55.3 Å². The number of unbranched alkanes of at least 4 members (excludes halogenated alkanes) is 1. The molecule has 2 fully saturated rings. The monoisotopic (exact) mass is 432 g/mol. The maximum atomic E-state index is 14.8. The van der Waals surface area contributed by atoms with Gasteiger partial charge in [-0.15, -0.1) is 0 Å². The van der Waals surface area contributed by atoms with Gasteiger partial charge in [0.2, 0.25) is 5.82 Å². The van der Waals surface area contributed by atoms with Crippen molar-refractivity contribution in [2.45, 2.75) is 90.4 Å². The van der Waals surface area contributed by atoms with Crippen LogP contribution in [0.15, 0.2) is 11.8 Å². The molecule has 4 rings (SSSR count). The van der Waals surface area contributed by atoms with Crippen LogP contribution in [-0.4, -0.2) is 13.2 Å². The molecule has 0 amide bonds. The number of fused-ring (bicyclic) bond motifs is 1. The number of benzene rings is 1. The Bertz CT molecular complexity index is 759. The second kappa shape index (κ2) is 10.8. The van der Waals surface area contributed by atoms with Crippen LogP contribution in [0.1, 0.15) is 95.1 Å². The van der Waals surface area contributed by atoms with Crippen LogP contribution in [0, 0.1) is 29.4 Å². The van der Waals surface area contributed by atoms with Crippen molar-refractivity contribution < 1.29 is 18.3 Å².